The molecule has 32 heavy (non-hydrogen) atoms. The van der Waals surface area contributed by atoms with Gasteiger partial charge in [-0.3, -0.25) is 14.5 Å². The predicted octanol–water partition coefficient (Wildman–Crippen LogP) is 4.07. The first-order valence-electron chi connectivity index (χ1n) is 9.65. The molecule has 2 rings (SSSR count). The summed E-state index contributed by atoms with van der Waals surface area (Å²) in [6.07, 6.45) is -4.61. The lowest BCUT2D eigenvalue weighted by molar-refractivity contribution is -0.137. The number of esters is 1. The number of rotatable bonds is 8. The molecule has 2 N–H and O–H groups in total. The molecule has 0 atom stereocenters. The predicted molar refractivity (Wildman–Crippen MR) is 116 cm³/mol. The number of aryl methyl sites for hydroxylation is 1. The maximum absolute atomic E-state index is 13.1. The topological polar surface area (TPSA) is 87.7 Å². The van der Waals surface area contributed by atoms with E-state index in [9.17, 15) is 27.6 Å². The summed E-state index contributed by atoms with van der Waals surface area (Å²) in [5.41, 5.74) is -0.318. The highest BCUT2D eigenvalue weighted by Gasteiger charge is 2.33. The molecule has 0 radical (unpaired) electrons. The molecule has 0 aliphatic carbocycles. The van der Waals surface area contributed by atoms with E-state index in [1.54, 1.807) is 13.8 Å². The van der Waals surface area contributed by atoms with Crippen LogP contribution in [0.1, 0.15) is 33.3 Å². The van der Waals surface area contributed by atoms with Crippen LogP contribution in [0.4, 0.5) is 23.9 Å². The molecule has 11 heteroatoms. The van der Waals surface area contributed by atoms with E-state index in [2.05, 4.69) is 10.6 Å². The van der Waals surface area contributed by atoms with E-state index in [1.165, 1.54) is 35.4 Å². The van der Waals surface area contributed by atoms with Crippen LogP contribution in [0.3, 0.4) is 0 Å². The van der Waals surface area contributed by atoms with Crippen molar-refractivity contribution < 1.29 is 32.3 Å². The average molecular weight is 472 g/mol. The van der Waals surface area contributed by atoms with Crippen LogP contribution in [-0.2, 0) is 20.5 Å². The lowest BCUT2D eigenvalue weighted by Gasteiger charge is -2.17. The smallest absolute Gasteiger partial charge is 0.418 e. The molecule has 0 saturated heterocycles. The molecule has 174 valence electrons. The molecular weight excluding hydrogens is 447 g/mol. The van der Waals surface area contributed by atoms with Gasteiger partial charge in [-0.2, -0.15) is 13.2 Å². The van der Waals surface area contributed by atoms with Crippen LogP contribution in [0.15, 0.2) is 24.3 Å². The fourth-order valence-corrected chi connectivity index (χ4v) is 3.97. The largest absolute Gasteiger partial charge is 0.462 e. The Bertz CT molecular complexity index is 1000. The van der Waals surface area contributed by atoms with Gasteiger partial charge in [-0.05, 0) is 45.5 Å². The third kappa shape index (κ3) is 6.54. The van der Waals surface area contributed by atoms with Crippen molar-refractivity contribution >= 4 is 39.8 Å². The standard InChI is InChI=1S/C21H24F3N3O4S/c1-5-31-20(30)18-12(2)13(3)32-19(18)26-17(29)11-27(4)10-16(28)25-15-9-7-6-8-14(15)21(22,23)24/h6-9H,5,10-11H2,1-4H3,(H,25,28)(H,26,29). The lowest BCUT2D eigenvalue weighted by Crippen LogP contribution is -2.36. The highest BCUT2D eigenvalue weighted by atomic mass is 32.1. The number of nitrogens with one attached hydrogen (secondary N) is 2. The minimum atomic E-state index is -4.61. The Morgan fingerprint density at radius 1 is 1.06 bits per heavy atom. The minimum absolute atomic E-state index is 0.190. The van der Waals surface area contributed by atoms with Gasteiger partial charge >= 0.3 is 12.1 Å². The third-order valence-electron chi connectivity index (χ3n) is 4.45. The molecule has 2 amide bonds. The number of thiophene rings is 1. The van der Waals surface area contributed by atoms with Crippen LogP contribution in [0.25, 0.3) is 0 Å². The second-order valence-electron chi connectivity index (χ2n) is 7.02. The molecule has 0 aliphatic rings. The van der Waals surface area contributed by atoms with Crippen LogP contribution in [0, 0.1) is 13.8 Å². The monoisotopic (exact) mass is 471 g/mol. The van der Waals surface area contributed by atoms with Gasteiger partial charge in [-0.25, -0.2) is 4.79 Å². The first-order valence-corrected chi connectivity index (χ1v) is 10.5. The summed E-state index contributed by atoms with van der Waals surface area (Å²) >= 11 is 1.23. The highest BCUT2D eigenvalue weighted by molar-refractivity contribution is 7.16. The highest BCUT2D eigenvalue weighted by Crippen LogP contribution is 2.35. The number of carbonyl (C=O) groups excluding carboxylic acids is 3. The van der Waals surface area contributed by atoms with Crippen molar-refractivity contribution in [2.24, 2.45) is 0 Å². The van der Waals surface area contributed by atoms with Gasteiger partial charge in [0.15, 0.2) is 0 Å². The summed E-state index contributed by atoms with van der Waals surface area (Å²) in [4.78, 5) is 39.0. The van der Waals surface area contributed by atoms with Gasteiger partial charge in [0.05, 0.1) is 36.5 Å². The molecule has 2 aromatic rings. The summed E-state index contributed by atoms with van der Waals surface area (Å²) in [7, 11) is 1.48. The van der Waals surface area contributed by atoms with Gasteiger partial charge in [0.2, 0.25) is 11.8 Å². The van der Waals surface area contributed by atoms with Crippen molar-refractivity contribution in [1.29, 1.82) is 0 Å². The molecule has 0 spiro atoms. The maximum Gasteiger partial charge on any atom is 0.418 e. The Labute approximate surface area is 187 Å². The third-order valence-corrected chi connectivity index (χ3v) is 5.57. The molecule has 7 nitrogen and oxygen atoms in total. The van der Waals surface area contributed by atoms with Gasteiger partial charge in [0.25, 0.3) is 0 Å². The molecule has 0 bridgehead atoms. The van der Waals surface area contributed by atoms with E-state index in [1.807, 2.05) is 6.92 Å². The number of likely N-dealkylation sites (N-methyl/N-ethyl adjacent to an activating group) is 1. The number of alkyl halides is 3. The maximum atomic E-state index is 13.1. The molecule has 1 aromatic heterocycles. The van der Waals surface area contributed by atoms with Crippen LogP contribution in [0.2, 0.25) is 0 Å². The van der Waals surface area contributed by atoms with Gasteiger partial charge in [0.1, 0.15) is 5.00 Å². The first-order chi connectivity index (χ1) is 14.9. The molecule has 1 aromatic carbocycles. The summed E-state index contributed by atoms with van der Waals surface area (Å²) in [5, 5.41) is 5.23. The second-order valence-corrected chi connectivity index (χ2v) is 8.24. The van der Waals surface area contributed by atoms with Crippen molar-refractivity contribution in [3.05, 3.63) is 45.8 Å². The number of hydrogen-bond donors (Lipinski definition) is 2. The number of amides is 2. The zero-order valence-corrected chi connectivity index (χ0v) is 18.9. The Morgan fingerprint density at radius 3 is 2.25 bits per heavy atom. The quantitative estimate of drug-likeness (QED) is 0.567. The van der Waals surface area contributed by atoms with Crippen LogP contribution >= 0.6 is 11.3 Å². The summed E-state index contributed by atoms with van der Waals surface area (Å²) < 4.78 is 44.2. The zero-order valence-electron chi connectivity index (χ0n) is 18.1. The summed E-state index contributed by atoms with van der Waals surface area (Å²) in [6.45, 7) is 4.91. The van der Waals surface area contributed by atoms with Crippen LogP contribution in [-0.4, -0.2) is 49.4 Å². The van der Waals surface area contributed by atoms with E-state index < -0.39 is 29.5 Å². The van der Waals surface area contributed by atoms with E-state index in [4.69, 9.17) is 4.74 Å². The SMILES string of the molecule is CCOC(=O)c1c(NC(=O)CN(C)CC(=O)Nc2ccccc2C(F)(F)F)sc(C)c1C. The van der Waals surface area contributed by atoms with E-state index in [-0.39, 0.29) is 30.9 Å². The minimum Gasteiger partial charge on any atom is -0.462 e. The van der Waals surface area contributed by atoms with Gasteiger partial charge in [-0.15, -0.1) is 11.3 Å². The fraction of sp³-hybridized carbons (Fsp3) is 0.381. The Morgan fingerprint density at radius 2 is 1.66 bits per heavy atom. The number of anilines is 2. The summed E-state index contributed by atoms with van der Waals surface area (Å²) in [5.74, 6) is -1.73. The van der Waals surface area contributed by atoms with Crippen molar-refractivity contribution in [1.82, 2.24) is 4.90 Å². The molecule has 0 saturated carbocycles. The number of ether oxygens (including phenoxy) is 1. The van der Waals surface area contributed by atoms with Crippen LogP contribution < -0.4 is 10.6 Å². The van der Waals surface area contributed by atoms with Gasteiger partial charge in [-0.1, -0.05) is 12.1 Å². The molecule has 0 unspecified atom stereocenters. The Kier molecular flexibility index (Phi) is 8.39. The number of hydrogen-bond acceptors (Lipinski definition) is 6. The number of carbonyl (C=O) groups is 3. The summed E-state index contributed by atoms with van der Waals surface area (Å²) in [6, 6.07) is 4.65. The number of halogens is 3. The number of benzene rings is 1. The van der Waals surface area contributed by atoms with Crippen molar-refractivity contribution in [3.63, 3.8) is 0 Å². The average Bonchev–Trinajstić information content (AvgIpc) is 2.94. The van der Waals surface area contributed by atoms with Gasteiger partial charge in [0, 0.05) is 4.88 Å². The van der Waals surface area contributed by atoms with Crippen molar-refractivity contribution in [2.45, 2.75) is 26.9 Å². The molecular formula is C21H24F3N3O4S. The van der Waals surface area contributed by atoms with Crippen molar-refractivity contribution in [3.8, 4) is 0 Å². The first kappa shape index (κ1) is 25.3. The molecule has 1 heterocycles. The normalized spacial score (nSPS) is 11.4. The number of para-hydroxylation sites is 1. The fourth-order valence-electron chi connectivity index (χ4n) is 2.91. The molecule has 0 fully saturated rings. The van der Waals surface area contributed by atoms with E-state index in [0.717, 1.165) is 17.0 Å². The van der Waals surface area contributed by atoms with E-state index in [0.29, 0.717) is 10.6 Å². The zero-order chi connectivity index (χ0) is 24.1. The lowest BCUT2D eigenvalue weighted by atomic mass is 10.1. The Hall–Kier alpha value is -2.92. The van der Waals surface area contributed by atoms with Crippen LogP contribution in [0.5, 0.6) is 0 Å². The molecule has 0 aliphatic heterocycles. The second kappa shape index (κ2) is 10.6. The Balaban J connectivity index is 1.99. The van der Waals surface area contributed by atoms with Crippen molar-refractivity contribution in [2.75, 3.05) is 37.4 Å². The number of nitrogens with zero attached hydrogens (tertiary/aromatic N) is 1. The van der Waals surface area contributed by atoms with E-state index >= 15 is 0 Å². The van der Waals surface area contributed by atoms with Gasteiger partial charge < -0.3 is 15.4 Å².